The first-order chi connectivity index (χ1) is 9.11. The molecule has 1 aromatic heterocycles. The van der Waals surface area contributed by atoms with Crippen molar-refractivity contribution in [1.82, 2.24) is 15.1 Å². The molecule has 100 valence electrons. The van der Waals surface area contributed by atoms with E-state index in [1.807, 2.05) is 37.3 Å². The fraction of sp³-hybridized carbons (Fsp3) is 0.286. The third kappa shape index (κ3) is 3.23. The van der Waals surface area contributed by atoms with Gasteiger partial charge in [-0.15, -0.1) is 0 Å². The van der Waals surface area contributed by atoms with Crippen LogP contribution in [-0.4, -0.2) is 15.7 Å². The Morgan fingerprint density at radius 2 is 2.11 bits per heavy atom. The molecule has 2 aromatic rings. The van der Waals surface area contributed by atoms with Crippen molar-refractivity contribution < 1.29 is 4.79 Å². The lowest BCUT2D eigenvalue weighted by molar-refractivity contribution is 0.0929. The summed E-state index contributed by atoms with van der Waals surface area (Å²) in [5.74, 6) is -0.164. The largest absolute Gasteiger partial charge is 0.344 e. The number of amides is 1. The predicted octanol–water partition coefficient (Wildman–Crippen LogP) is 3.06. The number of benzene rings is 1. The smallest absolute Gasteiger partial charge is 0.273 e. The van der Waals surface area contributed by atoms with Crippen LogP contribution in [0.1, 0.15) is 35.4 Å². The standard InChI is InChI=1S/C14H16BrN3O/c1-3-12(10-7-5-4-6-8-10)16-14(19)13-11(15)9-18(2)17-13/h4-9,12H,3H2,1-2H3,(H,16,19). The van der Waals surface area contributed by atoms with Gasteiger partial charge in [0.2, 0.25) is 0 Å². The molecule has 0 aliphatic carbocycles. The molecule has 5 heteroatoms. The van der Waals surface area contributed by atoms with Crippen LogP contribution in [0.2, 0.25) is 0 Å². The summed E-state index contributed by atoms with van der Waals surface area (Å²) in [6.07, 6.45) is 2.60. The van der Waals surface area contributed by atoms with Crippen LogP contribution in [0, 0.1) is 0 Å². The van der Waals surface area contributed by atoms with Gasteiger partial charge in [-0.2, -0.15) is 5.10 Å². The quantitative estimate of drug-likeness (QED) is 0.940. The first-order valence-corrected chi connectivity index (χ1v) is 6.96. The fourth-order valence-electron chi connectivity index (χ4n) is 1.95. The molecule has 0 saturated heterocycles. The average molecular weight is 322 g/mol. The van der Waals surface area contributed by atoms with Crippen LogP contribution in [-0.2, 0) is 7.05 Å². The Balaban J connectivity index is 2.15. The number of aryl methyl sites for hydroxylation is 1. The first-order valence-electron chi connectivity index (χ1n) is 6.16. The topological polar surface area (TPSA) is 46.9 Å². The lowest BCUT2D eigenvalue weighted by Crippen LogP contribution is -2.28. The molecular formula is C14H16BrN3O. The zero-order valence-corrected chi connectivity index (χ0v) is 12.5. The molecule has 0 spiro atoms. The van der Waals surface area contributed by atoms with Crippen molar-refractivity contribution in [2.24, 2.45) is 7.05 Å². The molecule has 1 unspecified atom stereocenters. The van der Waals surface area contributed by atoms with Crippen LogP contribution in [0.5, 0.6) is 0 Å². The van der Waals surface area contributed by atoms with Gasteiger partial charge in [0.05, 0.1) is 10.5 Å². The minimum Gasteiger partial charge on any atom is -0.344 e. The van der Waals surface area contributed by atoms with Gasteiger partial charge >= 0.3 is 0 Å². The van der Waals surface area contributed by atoms with Crippen LogP contribution < -0.4 is 5.32 Å². The summed E-state index contributed by atoms with van der Waals surface area (Å²) < 4.78 is 2.32. The minimum atomic E-state index is -0.164. The summed E-state index contributed by atoms with van der Waals surface area (Å²) in [6, 6.07) is 9.95. The summed E-state index contributed by atoms with van der Waals surface area (Å²) in [5, 5.41) is 7.16. The molecular weight excluding hydrogens is 306 g/mol. The summed E-state index contributed by atoms with van der Waals surface area (Å²) in [7, 11) is 1.79. The summed E-state index contributed by atoms with van der Waals surface area (Å²) >= 11 is 3.34. The molecule has 0 bridgehead atoms. The van der Waals surface area contributed by atoms with Crippen molar-refractivity contribution >= 4 is 21.8 Å². The Labute approximate surface area is 120 Å². The summed E-state index contributed by atoms with van der Waals surface area (Å²) in [4.78, 5) is 12.2. The maximum atomic E-state index is 12.2. The monoisotopic (exact) mass is 321 g/mol. The Kier molecular flexibility index (Phi) is 4.37. The highest BCUT2D eigenvalue weighted by molar-refractivity contribution is 9.10. The van der Waals surface area contributed by atoms with E-state index in [1.54, 1.807) is 17.9 Å². The Morgan fingerprint density at radius 1 is 1.42 bits per heavy atom. The number of halogens is 1. The van der Waals surface area contributed by atoms with Gasteiger partial charge < -0.3 is 5.32 Å². The Morgan fingerprint density at radius 3 is 2.63 bits per heavy atom. The van der Waals surface area contributed by atoms with Crippen molar-refractivity contribution in [2.45, 2.75) is 19.4 Å². The maximum Gasteiger partial charge on any atom is 0.273 e. The van der Waals surface area contributed by atoms with E-state index >= 15 is 0 Å². The third-order valence-corrected chi connectivity index (χ3v) is 3.50. The number of hydrogen-bond donors (Lipinski definition) is 1. The molecule has 0 aliphatic rings. The second-order valence-electron chi connectivity index (χ2n) is 4.34. The van der Waals surface area contributed by atoms with Crippen LogP contribution in [0.15, 0.2) is 41.0 Å². The van der Waals surface area contributed by atoms with Crippen molar-refractivity contribution in [3.63, 3.8) is 0 Å². The number of carbonyl (C=O) groups excluding carboxylic acids is 1. The van der Waals surface area contributed by atoms with E-state index in [0.717, 1.165) is 12.0 Å². The number of hydrogen-bond acceptors (Lipinski definition) is 2. The van der Waals surface area contributed by atoms with E-state index in [9.17, 15) is 4.79 Å². The number of carbonyl (C=O) groups is 1. The van der Waals surface area contributed by atoms with E-state index in [0.29, 0.717) is 10.2 Å². The average Bonchev–Trinajstić information content (AvgIpc) is 2.76. The van der Waals surface area contributed by atoms with E-state index in [2.05, 4.69) is 26.3 Å². The molecule has 1 aromatic carbocycles. The predicted molar refractivity (Wildman–Crippen MR) is 77.8 cm³/mol. The van der Waals surface area contributed by atoms with E-state index in [1.165, 1.54) is 0 Å². The van der Waals surface area contributed by atoms with Gasteiger partial charge in [-0.1, -0.05) is 37.3 Å². The molecule has 1 N–H and O–H groups in total. The number of rotatable bonds is 4. The SMILES string of the molecule is CCC(NC(=O)c1nn(C)cc1Br)c1ccccc1. The first kappa shape index (κ1) is 13.8. The maximum absolute atomic E-state index is 12.2. The van der Waals surface area contributed by atoms with Crippen molar-refractivity contribution in [1.29, 1.82) is 0 Å². The highest BCUT2D eigenvalue weighted by Gasteiger charge is 2.18. The van der Waals surface area contributed by atoms with Crippen LogP contribution in [0.4, 0.5) is 0 Å². The van der Waals surface area contributed by atoms with Crippen molar-refractivity contribution in [3.05, 3.63) is 52.3 Å². The molecule has 1 heterocycles. The fourth-order valence-corrected chi connectivity index (χ4v) is 2.50. The molecule has 0 radical (unpaired) electrons. The Hall–Kier alpha value is -1.62. The lowest BCUT2D eigenvalue weighted by Gasteiger charge is -2.16. The zero-order chi connectivity index (χ0) is 13.8. The van der Waals surface area contributed by atoms with Crippen LogP contribution in [0.3, 0.4) is 0 Å². The zero-order valence-electron chi connectivity index (χ0n) is 10.9. The normalized spacial score (nSPS) is 12.2. The van der Waals surface area contributed by atoms with Gasteiger partial charge in [-0.25, -0.2) is 0 Å². The van der Waals surface area contributed by atoms with Gasteiger partial charge in [0.15, 0.2) is 5.69 Å². The number of nitrogens with zero attached hydrogens (tertiary/aromatic N) is 2. The number of aromatic nitrogens is 2. The minimum absolute atomic E-state index is 0.00241. The van der Waals surface area contributed by atoms with E-state index < -0.39 is 0 Å². The molecule has 0 aliphatic heterocycles. The molecule has 19 heavy (non-hydrogen) atoms. The highest BCUT2D eigenvalue weighted by atomic mass is 79.9. The molecule has 0 saturated carbocycles. The number of nitrogens with one attached hydrogen (secondary N) is 1. The van der Waals surface area contributed by atoms with Gasteiger partial charge in [-0.3, -0.25) is 9.48 Å². The van der Waals surface area contributed by atoms with Crippen LogP contribution >= 0.6 is 15.9 Å². The second kappa shape index (κ2) is 6.02. The Bertz CT molecular complexity index is 565. The lowest BCUT2D eigenvalue weighted by atomic mass is 10.0. The van der Waals surface area contributed by atoms with Gasteiger partial charge in [-0.05, 0) is 27.9 Å². The molecule has 4 nitrogen and oxygen atoms in total. The molecule has 1 atom stereocenters. The van der Waals surface area contributed by atoms with E-state index in [-0.39, 0.29) is 11.9 Å². The molecule has 0 fully saturated rings. The molecule has 2 rings (SSSR count). The summed E-state index contributed by atoms with van der Waals surface area (Å²) in [5.41, 5.74) is 1.52. The second-order valence-corrected chi connectivity index (χ2v) is 5.20. The van der Waals surface area contributed by atoms with Gasteiger partial charge in [0.1, 0.15) is 0 Å². The van der Waals surface area contributed by atoms with Crippen molar-refractivity contribution in [2.75, 3.05) is 0 Å². The third-order valence-electron chi connectivity index (χ3n) is 2.91. The summed E-state index contributed by atoms with van der Waals surface area (Å²) in [6.45, 7) is 2.05. The highest BCUT2D eigenvalue weighted by Crippen LogP contribution is 2.19. The van der Waals surface area contributed by atoms with Gasteiger partial charge in [0, 0.05) is 13.2 Å². The van der Waals surface area contributed by atoms with E-state index in [4.69, 9.17) is 0 Å². The van der Waals surface area contributed by atoms with Crippen LogP contribution in [0.25, 0.3) is 0 Å². The van der Waals surface area contributed by atoms with Gasteiger partial charge in [0.25, 0.3) is 5.91 Å². The molecule has 1 amide bonds. The van der Waals surface area contributed by atoms with Crippen molar-refractivity contribution in [3.8, 4) is 0 Å².